The van der Waals surface area contributed by atoms with Crippen molar-refractivity contribution in [2.75, 3.05) is 44.3 Å². The summed E-state index contributed by atoms with van der Waals surface area (Å²) in [6.45, 7) is 5.61. The maximum Gasteiger partial charge on any atom is 0.349 e. The Bertz CT molecular complexity index is 1040. The van der Waals surface area contributed by atoms with E-state index in [2.05, 4.69) is 27.9 Å². The van der Waals surface area contributed by atoms with Gasteiger partial charge in [0.1, 0.15) is 19.0 Å². The van der Waals surface area contributed by atoms with Crippen LogP contribution in [0.2, 0.25) is 0 Å². The van der Waals surface area contributed by atoms with Crippen molar-refractivity contribution in [1.29, 1.82) is 0 Å². The first-order valence-corrected chi connectivity index (χ1v) is 10.8. The van der Waals surface area contributed by atoms with Crippen molar-refractivity contribution in [1.82, 2.24) is 15.0 Å². The van der Waals surface area contributed by atoms with Crippen LogP contribution in [-0.2, 0) is 27.3 Å². The number of hydrogen-bond acceptors (Lipinski definition) is 9. The molecule has 10 nitrogen and oxygen atoms in total. The average molecular weight is 454 g/mol. The number of aliphatic carboxylic acids is 1. The van der Waals surface area contributed by atoms with Gasteiger partial charge in [-0.2, -0.15) is 0 Å². The highest BCUT2D eigenvalue weighted by atomic mass is 16.7. The molecule has 1 N–H and O–H groups in total. The van der Waals surface area contributed by atoms with Gasteiger partial charge in [-0.3, -0.25) is 0 Å². The molecule has 0 saturated heterocycles. The molecule has 1 aromatic carbocycles. The van der Waals surface area contributed by atoms with E-state index in [1.807, 2.05) is 0 Å². The van der Waals surface area contributed by atoms with Gasteiger partial charge in [-0.15, -0.1) is 5.06 Å². The molecule has 0 atom stereocenters. The molecule has 1 aromatic heterocycles. The number of benzene rings is 1. The average Bonchev–Trinajstić information content (AvgIpc) is 3.01. The number of carboxylic acids is 1. The molecule has 174 valence electrons. The minimum Gasteiger partial charge on any atom is -0.490 e. The van der Waals surface area contributed by atoms with Crippen molar-refractivity contribution in [3.63, 3.8) is 0 Å². The van der Waals surface area contributed by atoms with Crippen LogP contribution in [0.1, 0.15) is 16.7 Å². The van der Waals surface area contributed by atoms with Crippen molar-refractivity contribution in [2.24, 2.45) is 0 Å². The van der Waals surface area contributed by atoms with E-state index in [-0.39, 0.29) is 0 Å². The van der Waals surface area contributed by atoms with Crippen molar-refractivity contribution >= 4 is 17.6 Å². The molecule has 2 aliphatic heterocycles. The fourth-order valence-electron chi connectivity index (χ4n) is 4.15. The maximum atomic E-state index is 11.9. The second-order valence-electron chi connectivity index (χ2n) is 7.71. The van der Waals surface area contributed by atoms with Crippen LogP contribution in [0.25, 0.3) is 0 Å². The summed E-state index contributed by atoms with van der Waals surface area (Å²) >= 11 is 0. The summed E-state index contributed by atoms with van der Waals surface area (Å²) < 4.78 is 11.7. The zero-order valence-electron chi connectivity index (χ0n) is 18.4. The Morgan fingerprint density at radius 1 is 1.18 bits per heavy atom. The van der Waals surface area contributed by atoms with Crippen LogP contribution in [-0.4, -0.2) is 71.5 Å². The number of rotatable bonds is 7. The number of carbonyl (C=O) groups excluding carboxylic acids is 1. The van der Waals surface area contributed by atoms with E-state index in [0.29, 0.717) is 51.7 Å². The van der Waals surface area contributed by atoms with Gasteiger partial charge in [0, 0.05) is 37.6 Å². The Morgan fingerprint density at radius 3 is 2.76 bits per heavy atom. The first-order valence-electron chi connectivity index (χ1n) is 10.8. The third-order valence-electron chi connectivity index (χ3n) is 5.63. The summed E-state index contributed by atoms with van der Waals surface area (Å²) in [5, 5.41) is 10.2. The van der Waals surface area contributed by atoms with Gasteiger partial charge in [-0.05, 0) is 48.6 Å². The zero-order valence-corrected chi connectivity index (χ0v) is 18.4. The lowest BCUT2D eigenvalue weighted by Gasteiger charge is -2.34. The molecule has 0 radical (unpaired) electrons. The molecule has 33 heavy (non-hydrogen) atoms. The summed E-state index contributed by atoms with van der Waals surface area (Å²) in [6, 6.07) is 4.19. The molecule has 0 spiro atoms. The zero-order chi connectivity index (χ0) is 23.2. The summed E-state index contributed by atoms with van der Waals surface area (Å²) in [6.07, 6.45) is 6.37. The van der Waals surface area contributed by atoms with Crippen LogP contribution < -0.4 is 14.4 Å². The molecule has 3 heterocycles. The lowest BCUT2D eigenvalue weighted by molar-refractivity contribution is -0.183. The Labute approximate surface area is 191 Å². The highest BCUT2D eigenvalue weighted by Gasteiger charge is 2.26. The minimum atomic E-state index is -1.19. The lowest BCUT2D eigenvalue weighted by Crippen LogP contribution is -2.36. The van der Waals surface area contributed by atoms with E-state index in [1.54, 1.807) is 23.5 Å². The Morgan fingerprint density at radius 2 is 1.97 bits per heavy atom. The van der Waals surface area contributed by atoms with Crippen LogP contribution in [0.5, 0.6) is 11.8 Å². The summed E-state index contributed by atoms with van der Waals surface area (Å²) in [5.41, 5.74) is 4.60. The largest absolute Gasteiger partial charge is 0.490 e. The number of aromatic nitrogens is 2. The van der Waals surface area contributed by atoms with Crippen LogP contribution in [0.3, 0.4) is 0 Å². The molecule has 0 aliphatic carbocycles. The number of anilines is 1. The maximum absolute atomic E-state index is 11.9. The first-order chi connectivity index (χ1) is 16.0. The van der Waals surface area contributed by atoms with Crippen molar-refractivity contribution in [3.05, 3.63) is 53.4 Å². The van der Waals surface area contributed by atoms with E-state index in [0.717, 1.165) is 35.7 Å². The minimum absolute atomic E-state index is 0.359. The van der Waals surface area contributed by atoms with E-state index < -0.39 is 11.9 Å². The van der Waals surface area contributed by atoms with Crippen LogP contribution >= 0.6 is 0 Å². The van der Waals surface area contributed by atoms with Gasteiger partial charge in [0.2, 0.25) is 0 Å². The third kappa shape index (κ3) is 5.58. The molecular weight excluding hydrogens is 428 g/mol. The second kappa shape index (κ2) is 10.3. The number of carbonyl (C=O) groups is 2. The van der Waals surface area contributed by atoms with E-state index in [1.165, 1.54) is 11.1 Å². The monoisotopic (exact) mass is 454 g/mol. The Hall–Kier alpha value is -3.66. The number of hydrogen-bond donors (Lipinski definition) is 1. The summed E-state index contributed by atoms with van der Waals surface area (Å²) in [4.78, 5) is 38.2. The van der Waals surface area contributed by atoms with E-state index in [4.69, 9.17) is 19.4 Å². The van der Waals surface area contributed by atoms with E-state index in [9.17, 15) is 9.59 Å². The van der Waals surface area contributed by atoms with Gasteiger partial charge in [-0.25, -0.2) is 19.6 Å². The molecule has 0 unspecified atom stereocenters. The number of carboxylic acid groups (broad SMARTS) is 1. The predicted molar refractivity (Wildman–Crippen MR) is 118 cm³/mol. The molecule has 2 aromatic rings. The third-order valence-corrected chi connectivity index (χ3v) is 5.63. The van der Waals surface area contributed by atoms with Gasteiger partial charge in [0.05, 0.1) is 18.8 Å². The quantitative estimate of drug-likeness (QED) is 0.618. The number of hydroxylamine groups is 2. The topological polar surface area (TPSA) is 114 Å². The molecule has 0 saturated carbocycles. The SMILES string of the molecule is Cc1c2c(cc3c1N(CCOc1ncccn1)CCO3)CCN(OC(=O)/C=C/C(=O)O)CC2. The molecule has 0 fully saturated rings. The second-order valence-corrected chi connectivity index (χ2v) is 7.71. The van der Waals surface area contributed by atoms with Gasteiger partial charge in [0.25, 0.3) is 0 Å². The standard InChI is InChI=1S/C23H26N4O6/c1-16-18-6-10-27(33-21(30)4-3-20(28)29)9-5-17(18)15-19-22(16)26(11-13-31-19)12-14-32-23-24-7-2-8-25-23/h2-4,7-8,15H,5-6,9-14H2,1H3,(H,28,29)/b4-3+. The molecule has 10 heteroatoms. The molecule has 0 bridgehead atoms. The molecule has 2 aliphatic rings. The smallest absolute Gasteiger partial charge is 0.349 e. The molecule has 0 amide bonds. The molecular formula is C23H26N4O6. The summed E-state index contributed by atoms with van der Waals surface area (Å²) in [7, 11) is 0. The Kier molecular flexibility index (Phi) is 7.04. The van der Waals surface area contributed by atoms with Crippen molar-refractivity contribution < 1.29 is 29.0 Å². The van der Waals surface area contributed by atoms with Gasteiger partial charge < -0.3 is 24.3 Å². The van der Waals surface area contributed by atoms with Crippen LogP contribution in [0, 0.1) is 6.92 Å². The van der Waals surface area contributed by atoms with Crippen molar-refractivity contribution in [3.8, 4) is 11.8 Å². The predicted octanol–water partition coefficient (Wildman–Crippen LogP) is 1.56. The first kappa shape index (κ1) is 22.5. The highest BCUT2D eigenvalue weighted by Crippen LogP contribution is 2.39. The lowest BCUT2D eigenvalue weighted by atomic mass is 9.94. The summed E-state index contributed by atoms with van der Waals surface area (Å²) in [5.74, 6) is -1.04. The van der Waals surface area contributed by atoms with Crippen molar-refractivity contribution in [2.45, 2.75) is 19.8 Å². The Balaban J connectivity index is 1.44. The number of fused-ring (bicyclic) bond motifs is 2. The van der Waals surface area contributed by atoms with Gasteiger partial charge >= 0.3 is 17.9 Å². The van der Waals surface area contributed by atoms with Crippen LogP contribution in [0.15, 0.2) is 36.7 Å². The van der Waals surface area contributed by atoms with Gasteiger partial charge in [-0.1, -0.05) is 0 Å². The number of ether oxygens (including phenoxy) is 2. The fraction of sp³-hybridized carbons (Fsp3) is 0.391. The van der Waals surface area contributed by atoms with E-state index >= 15 is 0 Å². The highest BCUT2D eigenvalue weighted by molar-refractivity contribution is 5.90. The fourth-order valence-corrected chi connectivity index (χ4v) is 4.15. The normalized spacial score (nSPS) is 15.8. The van der Waals surface area contributed by atoms with Gasteiger partial charge in [0.15, 0.2) is 0 Å². The number of nitrogens with zero attached hydrogens (tertiary/aromatic N) is 4. The molecule has 4 rings (SSSR count). The van der Waals surface area contributed by atoms with Crippen LogP contribution in [0.4, 0.5) is 5.69 Å².